The molecular weight excluding hydrogens is 312 g/mol. The van der Waals surface area contributed by atoms with Gasteiger partial charge in [0.25, 0.3) is 11.5 Å². The van der Waals surface area contributed by atoms with Crippen LogP contribution in [-0.4, -0.2) is 27.8 Å². The molecule has 0 spiro atoms. The van der Waals surface area contributed by atoms with Gasteiger partial charge in [0, 0.05) is 11.6 Å². The number of nitrogens with zero attached hydrogens (tertiary/aromatic N) is 3. The van der Waals surface area contributed by atoms with E-state index >= 15 is 0 Å². The lowest BCUT2D eigenvalue weighted by molar-refractivity contribution is 0.0993. The van der Waals surface area contributed by atoms with Crippen LogP contribution in [0.5, 0.6) is 5.75 Å². The van der Waals surface area contributed by atoms with Crippen LogP contribution < -0.4 is 16.0 Å². The van der Waals surface area contributed by atoms with Crippen LogP contribution in [0.2, 0.25) is 0 Å². The van der Waals surface area contributed by atoms with E-state index in [1.54, 1.807) is 19.2 Å². The molecule has 1 amide bonds. The molecule has 0 bridgehead atoms. The van der Waals surface area contributed by atoms with Crippen molar-refractivity contribution in [1.82, 2.24) is 14.8 Å². The molecule has 1 aromatic carbocycles. The summed E-state index contributed by atoms with van der Waals surface area (Å²) in [5.74, 6) is 0.430. The largest absolute Gasteiger partial charge is 0.497 e. The minimum Gasteiger partial charge on any atom is -0.497 e. The number of hydrogen-bond donors (Lipinski definition) is 1. The molecule has 122 valence electrons. The third-order valence-electron chi connectivity index (χ3n) is 3.32. The van der Waals surface area contributed by atoms with E-state index in [1.165, 1.54) is 18.4 Å². The number of hydrogen-bond acceptors (Lipinski definition) is 6. The molecule has 3 rings (SSSR count). The average molecular weight is 326 g/mol. The lowest BCUT2D eigenvalue weighted by Gasteiger charge is -2.02. The zero-order valence-corrected chi connectivity index (χ0v) is 12.8. The second-order valence-corrected chi connectivity index (χ2v) is 4.95. The van der Waals surface area contributed by atoms with Crippen LogP contribution >= 0.6 is 0 Å². The summed E-state index contributed by atoms with van der Waals surface area (Å²) in [5, 5.41) is 3.90. The zero-order chi connectivity index (χ0) is 17.1. The lowest BCUT2D eigenvalue weighted by Crippen LogP contribution is -2.26. The summed E-state index contributed by atoms with van der Waals surface area (Å²) < 4.78 is 11.6. The van der Waals surface area contributed by atoms with Crippen LogP contribution in [0.1, 0.15) is 16.2 Å². The third-order valence-corrected chi connectivity index (χ3v) is 3.32. The number of benzene rings is 1. The van der Waals surface area contributed by atoms with Gasteiger partial charge in [0.2, 0.25) is 5.89 Å². The highest BCUT2D eigenvalue weighted by Crippen LogP contribution is 2.21. The van der Waals surface area contributed by atoms with Gasteiger partial charge in [0.05, 0.1) is 13.7 Å². The molecule has 0 radical (unpaired) electrons. The van der Waals surface area contributed by atoms with Gasteiger partial charge < -0.3 is 14.9 Å². The van der Waals surface area contributed by atoms with Gasteiger partial charge in [0.1, 0.15) is 23.4 Å². The van der Waals surface area contributed by atoms with Crippen molar-refractivity contribution >= 4 is 5.91 Å². The Hall–Kier alpha value is -3.42. The second kappa shape index (κ2) is 6.37. The molecule has 0 saturated carbocycles. The molecule has 0 aliphatic heterocycles. The molecule has 0 unspecified atom stereocenters. The quantitative estimate of drug-likeness (QED) is 0.750. The highest BCUT2D eigenvalue weighted by atomic mass is 16.5. The highest BCUT2D eigenvalue weighted by Gasteiger charge is 2.10. The van der Waals surface area contributed by atoms with E-state index in [0.29, 0.717) is 11.6 Å². The number of nitrogens with two attached hydrogens (primary N) is 1. The molecule has 24 heavy (non-hydrogen) atoms. The fraction of sp³-hybridized carbons (Fsp3) is 0.125. The molecular formula is C16H14N4O4. The van der Waals surface area contributed by atoms with Crippen molar-refractivity contribution in [2.24, 2.45) is 5.73 Å². The molecule has 0 atom stereocenters. The summed E-state index contributed by atoms with van der Waals surface area (Å²) in [6, 6.07) is 9.73. The van der Waals surface area contributed by atoms with Gasteiger partial charge in [-0.3, -0.25) is 9.59 Å². The number of oxazole rings is 1. The number of ether oxygens (including phenoxy) is 1. The Morgan fingerprint density at radius 3 is 2.67 bits per heavy atom. The smallest absolute Gasteiger partial charge is 0.269 e. The normalized spacial score (nSPS) is 10.5. The van der Waals surface area contributed by atoms with Crippen LogP contribution in [0.4, 0.5) is 0 Å². The van der Waals surface area contributed by atoms with Crippen molar-refractivity contribution in [3.05, 3.63) is 64.4 Å². The minimum atomic E-state index is -0.706. The molecule has 2 N–H and O–H groups in total. The maximum Gasteiger partial charge on any atom is 0.269 e. The first-order chi connectivity index (χ1) is 11.6. The maximum absolute atomic E-state index is 11.8. The van der Waals surface area contributed by atoms with E-state index in [9.17, 15) is 9.59 Å². The first kappa shape index (κ1) is 15.5. The summed E-state index contributed by atoms with van der Waals surface area (Å²) in [5.41, 5.74) is 6.08. The number of carbonyl (C=O) groups excluding carboxylic acids is 1. The van der Waals surface area contributed by atoms with Gasteiger partial charge in [-0.25, -0.2) is 9.67 Å². The van der Waals surface area contributed by atoms with E-state index in [-0.39, 0.29) is 17.8 Å². The molecule has 0 aliphatic rings. The molecule has 0 saturated heterocycles. The fourth-order valence-corrected chi connectivity index (χ4v) is 2.09. The van der Waals surface area contributed by atoms with Crippen molar-refractivity contribution in [3.63, 3.8) is 0 Å². The van der Waals surface area contributed by atoms with E-state index in [2.05, 4.69) is 10.1 Å². The van der Waals surface area contributed by atoms with Crippen molar-refractivity contribution < 1.29 is 13.9 Å². The van der Waals surface area contributed by atoms with Gasteiger partial charge in [0.15, 0.2) is 0 Å². The minimum absolute atomic E-state index is 0.00785. The molecule has 0 aliphatic carbocycles. The summed E-state index contributed by atoms with van der Waals surface area (Å²) in [7, 11) is 1.59. The van der Waals surface area contributed by atoms with Crippen molar-refractivity contribution in [1.29, 1.82) is 0 Å². The molecule has 0 fully saturated rings. The summed E-state index contributed by atoms with van der Waals surface area (Å²) in [4.78, 5) is 27.3. The number of carbonyl (C=O) groups is 1. The van der Waals surface area contributed by atoms with Crippen LogP contribution in [0.15, 0.2) is 51.9 Å². The van der Waals surface area contributed by atoms with Crippen LogP contribution in [0, 0.1) is 0 Å². The molecule has 8 heteroatoms. The first-order valence-electron chi connectivity index (χ1n) is 7.03. The number of methoxy groups -OCH3 is 1. The molecule has 3 aromatic rings. The Morgan fingerprint density at radius 1 is 1.25 bits per heavy atom. The molecule has 2 aromatic heterocycles. The standard InChI is InChI=1S/C16H14N4O4/c1-23-12-4-2-10(3-5-12)16-18-11(9-24-16)8-20-14(21)7-6-13(19-20)15(17)22/h2-7,9H,8H2,1H3,(H2,17,22). The van der Waals surface area contributed by atoms with E-state index in [0.717, 1.165) is 16.0 Å². The van der Waals surface area contributed by atoms with Gasteiger partial charge in [-0.1, -0.05) is 0 Å². The topological polar surface area (TPSA) is 113 Å². The second-order valence-electron chi connectivity index (χ2n) is 4.95. The van der Waals surface area contributed by atoms with Crippen LogP contribution in [0.3, 0.4) is 0 Å². The number of amides is 1. The van der Waals surface area contributed by atoms with Crippen LogP contribution in [0.25, 0.3) is 11.5 Å². The predicted octanol–water partition coefficient (Wildman–Crippen LogP) is 1.05. The Balaban J connectivity index is 1.85. The monoisotopic (exact) mass is 326 g/mol. The third kappa shape index (κ3) is 3.17. The van der Waals surface area contributed by atoms with Gasteiger partial charge in [-0.2, -0.15) is 5.10 Å². The highest BCUT2D eigenvalue weighted by molar-refractivity contribution is 5.90. The lowest BCUT2D eigenvalue weighted by atomic mass is 10.2. The average Bonchev–Trinajstić information content (AvgIpc) is 3.05. The molecule has 8 nitrogen and oxygen atoms in total. The predicted molar refractivity (Wildman–Crippen MR) is 84.6 cm³/mol. The van der Waals surface area contributed by atoms with E-state index < -0.39 is 5.91 Å². The van der Waals surface area contributed by atoms with Crippen LogP contribution in [-0.2, 0) is 6.54 Å². The summed E-state index contributed by atoms with van der Waals surface area (Å²) in [6.45, 7) is 0.0691. The Labute approximate surface area is 136 Å². The summed E-state index contributed by atoms with van der Waals surface area (Å²) in [6.07, 6.45) is 1.44. The number of primary amides is 1. The molecule has 2 heterocycles. The first-order valence-corrected chi connectivity index (χ1v) is 7.03. The Bertz CT molecular complexity index is 928. The van der Waals surface area contributed by atoms with Gasteiger partial charge >= 0.3 is 0 Å². The number of rotatable bonds is 5. The van der Waals surface area contributed by atoms with Gasteiger partial charge in [-0.15, -0.1) is 0 Å². The van der Waals surface area contributed by atoms with E-state index in [1.807, 2.05) is 12.1 Å². The van der Waals surface area contributed by atoms with Gasteiger partial charge in [-0.05, 0) is 30.3 Å². The van der Waals surface area contributed by atoms with Crippen molar-refractivity contribution in [3.8, 4) is 17.2 Å². The van der Waals surface area contributed by atoms with Crippen molar-refractivity contribution in [2.45, 2.75) is 6.54 Å². The van der Waals surface area contributed by atoms with E-state index in [4.69, 9.17) is 14.9 Å². The maximum atomic E-state index is 11.8. The summed E-state index contributed by atoms with van der Waals surface area (Å²) >= 11 is 0. The number of aromatic nitrogens is 3. The Kier molecular flexibility index (Phi) is 4.11. The SMILES string of the molecule is COc1ccc(-c2nc(Cn3nc(C(N)=O)ccc3=O)co2)cc1. The van der Waals surface area contributed by atoms with Crippen molar-refractivity contribution in [2.75, 3.05) is 7.11 Å². The fourth-order valence-electron chi connectivity index (χ4n) is 2.09. The Morgan fingerprint density at radius 2 is 2.00 bits per heavy atom. The zero-order valence-electron chi connectivity index (χ0n) is 12.8.